The van der Waals surface area contributed by atoms with Crippen molar-refractivity contribution in [3.8, 4) is 5.75 Å². The molecular weight excluding hydrogens is 412 g/mol. The lowest BCUT2D eigenvalue weighted by molar-refractivity contribution is -0.120. The number of amides is 1. The van der Waals surface area contributed by atoms with E-state index in [1.807, 2.05) is 13.8 Å². The van der Waals surface area contributed by atoms with Crippen molar-refractivity contribution in [3.05, 3.63) is 54.1 Å². The van der Waals surface area contributed by atoms with E-state index in [0.717, 1.165) is 18.4 Å². The Hall–Kier alpha value is -2.54. The molecule has 2 aromatic carbocycles. The summed E-state index contributed by atoms with van der Waals surface area (Å²) in [6.07, 6.45) is 4.56. The van der Waals surface area contributed by atoms with Crippen LogP contribution < -0.4 is 14.4 Å². The molecule has 0 heterocycles. The number of carbonyl (C=O) groups is 1. The fourth-order valence-corrected chi connectivity index (χ4v) is 6.31. The number of nitrogens with zero attached hydrogens (tertiary/aromatic N) is 1. The number of carbonyl (C=O) groups excluding carboxylic acids is 1. The van der Waals surface area contributed by atoms with E-state index in [2.05, 4.69) is 5.32 Å². The summed E-state index contributed by atoms with van der Waals surface area (Å²) in [7, 11) is -3.96. The van der Waals surface area contributed by atoms with Crippen LogP contribution in [0.3, 0.4) is 0 Å². The molecule has 0 spiro atoms. The molecule has 2 aromatic rings. The molecule has 2 aliphatic carbocycles. The number of hydrogen-bond acceptors (Lipinski definition) is 4. The van der Waals surface area contributed by atoms with Gasteiger partial charge in [0.2, 0.25) is 5.91 Å². The molecule has 166 valence electrons. The Morgan fingerprint density at radius 1 is 1.10 bits per heavy atom. The van der Waals surface area contributed by atoms with Crippen LogP contribution >= 0.6 is 0 Å². The lowest BCUT2D eigenvalue weighted by atomic mass is 9.95. The third kappa shape index (κ3) is 4.56. The lowest BCUT2D eigenvalue weighted by Gasteiger charge is -2.28. The molecule has 1 N–H and O–H groups in total. The molecule has 31 heavy (non-hydrogen) atoms. The molecule has 3 atom stereocenters. The first-order valence-electron chi connectivity index (χ1n) is 11.0. The normalized spacial score (nSPS) is 22.3. The van der Waals surface area contributed by atoms with Gasteiger partial charge in [0.05, 0.1) is 17.2 Å². The molecule has 7 heteroatoms. The highest BCUT2D eigenvalue weighted by Gasteiger charge is 2.40. The van der Waals surface area contributed by atoms with Gasteiger partial charge in [0, 0.05) is 6.04 Å². The van der Waals surface area contributed by atoms with Crippen LogP contribution in [-0.4, -0.2) is 33.5 Å². The summed E-state index contributed by atoms with van der Waals surface area (Å²) in [5.74, 6) is 1.38. The number of sulfonamides is 1. The smallest absolute Gasteiger partial charge is 0.264 e. The van der Waals surface area contributed by atoms with Gasteiger partial charge in [0.25, 0.3) is 10.0 Å². The van der Waals surface area contributed by atoms with Crippen molar-refractivity contribution in [1.29, 1.82) is 0 Å². The first-order chi connectivity index (χ1) is 14.9. The van der Waals surface area contributed by atoms with E-state index < -0.39 is 10.0 Å². The number of nitrogens with one attached hydrogen (secondary N) is 1. The number of ether oxygens (including phenoxy) is 1. The molecular formula is C24H30N2O4S. The van der Waals surface area contributed by atoms with Crippen LogP contribution in [0.4, 0.5) is 5.69 Å². The molecule has 2 saturated carbocycles. The highest BCUT2D eigenvalue weighted by Crippen LogP contribution is 2.44. The first-order valence-corrected chi connectivity index (χ1v) is 12.4. The summed E-state index contributed by atoms with van der Waals surface area (Å²) in [4.78, 5) is 13.2. The number of para-hydroxylation sites is 2. The summed E-state index contributed by atoms with van der Waals surface area (Å²) in [6, 6.07) is 13.8. The number of fused-ring (bicyclic) bond motifs is 2. The van der Waals surface area contributed by atoms with Gasteiger partial charge in [-0.15, -0.1) is 0 Å². The lowest BCUT2D eigenvalue weighted by Crippen LogP contribution is -2.46. The molecule has 0 radical (unpaired) electrons. The van der Waals surface area contributed by atoms with Crippen molar-refractivity contribution in [2.45, 2.75) is 50.5 Å². The quantitative estimate of drug-likeness (QED) is 0.673. The second kappa shape index (κ2) is 8.91. The van der Waals surface area contributed by atoms with Gasteiger partial charge in [0.15, 0.2) is 0 Å². The minimum atomic E-state index is -3.96. The van der Waals surface area contributed by atoms with Gasteiger partial charge < -0.3 is 10.1 Å². The van der Waals surface area contributed by atoms with Gasteiger partial charge in [-0.05, 0) is 69.2 Å². The van der Waals surface area contributed by atoms with E-state index in [0.29, 0.717) is 29.9 Å². The maximum Gasteiger partial charge on any atom is 0.264 e. The Labute approximate surface area is 184 Å². The minimum absolute atomic E-state index is 0.150. The Balaban J connectivity index is 1.64. The number of aryl methyl sites for hydroxylation is 1. The zero-order chi connectivity index (χ0) is 22.0. The van der Waals surface area contributed by atoms with Crippen LogP contribution in [0.5, 0.6) is 5.75 Å². The van der Waals surface area contributed by atoms with Gasteiger partial charge in [-0.3, -0.25) is 9.10 Å². The maximum atomic E-state index is 13.6. The van der Waals surface area contributed by atoms with Crippen LogP contribution in [0.1, 0.15) is 38.2 Å². The highest BCUT2D eigenvalue weighted by molar-refractivity contribution is 7.92. The van der Waals surface area contributed by atoms with Crippen LogP contribution in [0.2, 0.25) is 0 Å². The molecule has 2 aliphatic rings. The van der Waals surface area contributed by atoms with E-state index in [9.17, 15) is 13.2 Å². The van der Waals surface area contributed by atoms with Gasteiger partial charge in [-0.2, -0.15) is 0 Å². The van der Waals surface area contributed by atoms with Crippen molar-refractivity contribution in [2.24, 2.45) is 11.8 Å². The topological polar surface area (TPSA) is 75.7 Å². The van der Waals surface area contributed by atoms with E-state index in [1.54, 1.807) is 48.5 Å². The molecule has 0 aliphatic heterocycles. The predicted octanol–water partition coefficient (Wildman–Crippen LogP) is 3.89. The molecule has 1 amide bonds. The van der Waals surface area contributed by atoms with Crippen molar-refractivity contribution < 1.29 is 17.9 Å². The van der Waals surface area contributed by atoms with Gasteiger partial charge >= 0.3 is 0 Å². The molecule has 0 saturated heterocycles. The SMILES string of the molecule is CCOc1ccccc1N(CC(=O)N[C@@H]1C[C@H]2CC[C@H]1C2)S(=O)(=O)c1ccc(C)cc1. The van der Waals surface area contributed by atoms with Crippen LogP contribution in [0.15, 0.2) is 53.4 Å². The fraction of sp³-hybridized carbons (Fsp3) is 0.458. The van der Waals surface area contributed by atoms with Crippen LogP contribution in [-0.2, 0) is 14.8 Å². The second-order valence-corrected chi connectivity index (χ2v) is 10.4. The summed E-state index contributed by atoms with van der Waals surface area (Å²) in [5.41, 5.74) is 1.34. The van der Waals surface area contributed by atoms with E-state index in [1.165, 1.54) is 17.1 Å². The van der Waals surface area contributed by atoms with Crippen molar-refractivity contribution >= 4 is 21.6 Å². The van der Waals surface area contributed by atoms with Gasteiger partial charge in [-0.1, -0.05) is 36.2 Å². The van der Waals surface area contributed by atoms with Crippen molar-refractivity contribution in [1.82, 2.24) is 5.32 Å². The zero-order valence-corrected chi connectivity index (χ0v) is 18.9. The summed E-state index contributed by atoms with van der Waals surface area (Å²) in [6.45, 7) is 3.86. The van der Waals surface area contributed by atoms with Crippen molar-refractivity contribution in [3.63, 3.8) is 0 Å². The van der Waals surface area contributed by atoms with Gasteiger partial charge in [0.1, 0.15) is 12.3 Å². The third-order valence-electron chi connectivity index (χ3n) is 6.41. The Morgan fingerprint density at radius 3 is 2.48 bits per heavy atom. The molecule has 0 aromatic heterocycles. The number of hydrogen-bond donors (Lipinski definition) is 1. The molecule has 2 bridgehead atoms. The summed E-state index contributed by atoms with van der Waals surface area (Å²) >= 11 is 0. The standard InChI is InChI=1S/C24H30N2O4S/c1-3-30-23-7-5-4-6-22(23)26(31(28,29)20-12-8-17(2)9-13-20)16-24(27)25-21-15-18-10-11-19(21)14-18/h4-9,12-13,18-19,21H,3,10-11,14-16H2,1-2H3,(H,25,27)/t18-,19-,21+/m0/s1. The predicted molar refractivity (Wildman–Crippen MR) is 121 cm³/mol. The number of benzene rings is 2. The average molecular weight is 443 g/mol. The Bertz CT molecular complexity index is 1040. The molecule has 6 nitrogen and oxygen atoms in total. The third-order valence-corrected chi connectivity index (χ3v) is 8.19. The fourth-order valence-electron chi connectivity index (χ4n) is 4.88. The number of anilines is 1. The van der Waals surface area contributed by atoms with E-state index >= 15 is 0 Å². The molecule has 2 fully saturated rings. The zero-order valence-electron chi connectivity index (χ0n) is 18.1. The highest BCUT2D eigenvalue weighted by atomic mass is 32.2. The second-order valence-electron chi connectivity index (χ2n) is 8.57. The Kier molecular flexibility index (Phi) is 6.23. The van der Waals surface area contributed by atoms with Crippen LogP contribution in [0, 0.1) is 18.8 Å². The average Bonchev–Trinajstić information content (AvgIpc) is 3.36. The van der Waals surface area contributed by atoms with E-state index in [4.69, 9.17) is 4.74 Å². The first kappa shape index (κ1) is 21.7. The van der Waals surface area contributed by atoms with Gasteiger partial charge in [-0.25, -0.2) is 8.42 Å². The monoisotopic (exact) mass is 442 g/mol. The van der Waals surface area contributed by atoms with Crippen molar-refractivity contribution in [2.75, 3.05) is 17.5 Å². The molecule has 0 unspecified atom stereocenters. The minimum Gasteiger partial charge on any atom is -0.492 e. The summed E-state index contributed by atoms with van der Waals surface area (Å²) < 4.78 is 34.0. The Morgan fingerprint density at radius 2 is 1.84 bits per heavy atom. The summed E-state index contributed by atoms with van der Waals surface area (Å²) in [5, 5.41) is 3.11. The largest absolute Gasteiger partial charge is 0.492 e. The maximum absolute atomic E-state index is 13.6. The van der Waals surface area contributed by atoms with E-state index in [-0.39, 0.29) is 23.4 Å². The van der Waals surface area contributed by atoms with Crippen LogP contribution in [0.25, 0.3) is 0 Å². The number of rotatable bonds is 8. The molecule has 4 rings (SSSR count).